The molecule has 0 fully saturated rings. The summed E-state index contributed by atoms with van der Waals surface area (Å²) in [6.07, 6.45) is 0. The summed E-state index contributed by atoms with van der Waals surface area (Å²) >= 11 is 0. The monoisotopic (exact) mass is 326 g/mol. The van der Waals surface area contributed by atoms with Crippen LogP contribution in [0.25, 0.3) is 0 Å². The highest BCUT2D eigenvalue weighted by atomic mass is 16.5. The third-order valence-electron chi connectivity index (χ3n) is 4.08. The quantitative estimate of drug-likeness (QED) is 0.797. The summed E-state index contributed by atoms with van der Waals surface area (Å²) in [4.78, 5) is 0. The number of aromatic amines is 1. The van der Waals surface area contributed by atoms with Crippen molar-refractivity contribution in [3.63, 3.8) is 0 Å². The smallest absolute Gasteiger partial charge is 0.244 e. The van der Waals surface area contributed by atoms with Crippen LogP contribution in [0.5, 0.6) is 17.4 Å². The van der Waals surface area contributed by atoms with E-state index in [9.17, 15) is 10.4 Å². The first-order valence-corrected chi connectivity index (χ1v) is 7.50. The number of rotatable bonds is 3. The Balaban J connectivity index is 2.25. The van der Waals surface area contributed by atoms with Crippen molar-refractivity contribution in [2.75, 3.05) is 7.11 Å². The van der Waals surface area contributed by atoms with Gasteiger partial charge in [-0.25, -0.2) is 0 Å². The molecule has 7 nitrogen and oxygen atoms in total. The van der Waals surface area contributed by atoms with Crippen LogP contribution in [-0.2, 0) is 0 Å². The number of H-pyrrole nitrogens is 1. The van der Waals surface area contributed by atoms with Gasteiger partial charge in [0, 0.05) is 5.69 Å². The molecule has 7 heteroatoms. The lowest BCUT2D eigenvalue weighted by Crippen LogP contribution is -2.21. The van der Waals surface area contributed by atoms with Crippen LogP contribution in [0.1, 0.15) is 42.5 Å². The van der Waals surface area contributed by atoms with Gasteiger partial charge in [0.15, 0.2) is 11.5 Å². The van der Waals surface area contributed by atoms with Crippen molar-refractivity contribution >= 4 is 0 Å². The number of aromatic nitrogens is 2. The summed E-state index contributed by atoms with van der Waals surface area (Å²) in [5.41, 5.74) is 8.64. The molecule has 0 radical (unpaired) electrons. The van der Waals surface area contributed by atoms with Gasteiger partial charge < -0.3 is 20.3 Å². The molecular weight excluding hydrogens is 308 g/mol. The maximum atomic E-state index is 9.84. The summed E-state index contributed by atoms with van der Waals surface area (Å²) in [5.74, 6) is 0.470. The zero-order valence-corrected chi connectivity index (χ0v) is 13.6. The number of allylic oxidation sites excluding steroid dienone is 1. The molecule has 2 heterocycles. The summed E-state index contributed by atoms with van der Waals surface area (Å²) in [6.45, 7) is 4.05. The van der Waals surface area contributed by atoms with Gasteiger partial charge in [-0.2, -0.15) is 5.26 Å². The third-order valence-corrected chi connectivity index (χ3v) is 4.08. The molecule has 0 spiro atoms. The Labute approximate surface area is 139 Å². The van der Waals surface area contributed by atoms with Crippen molar-refractivity contribution in [3.05, 3.63) is 46.5 Å². The first kappa shape index (κ1) is 15.7. The second kappa shape index (κ2) is 5.81. The number of nitriles is 1. The molecule has 0 bridgehead atoms. The van der Waals surface area contributed by atoms with Gasteiger partial charge in [-0.15, -0.1) is 5.10 Å². The van der Waals surface area contributed by atoms with Crippen LogP contribution in [0.3, 0.4) is 0 Å². The van der Waals surface area contributed by atoms with E-state index in [-0.39, 0.29) is 17.6 Å². The molecule has 0 unspecified atom stereocenters. The van der Waals surface area contributed by atoms with Gasteiger partial charge in [-0.1, -0.05) is 19.9 Å². The number of aromatic hydroxyl groups is 1. The first-order valence-electron chi connectivity index (χ1n) is 7.50. The minimum absolute atomic E-state index is 0.0280. The molecule has 1 aliphatic heterocycles. The van der Waals surface area contributed by atoms with Crippen LogP contribution >= 0.6 is 0 Å². The van der Waals surface area contributed by atoms with Crippen LogP contribution < -0.4 is 15.2 Å². The molecule has 124 valence electrons. The molecule has 1 aromatic carbocycles. The van der Waals surface area contributed by atoms with Crippen LogP contribution in [0.2, 0.25) is 0 Å². The van der Waals surface area contributed by atoms with Crippen LogP contribution in [0, 0.1) is 11.3 Å². The van der Waals surface area contributed by atoms with E-state index in [1.54, 1.807) is 12.1 Å². The SMILES string of the molecule is COc1cc([C@H]2C(C#N)=C(N)Oc3n[nH]c(C(C)C)c32)ccc1O. The normalized spacial score (nSPS) is 16.5. The molecule has 1 aliphatic rings. The largest absolute Gasteiger partial charge is 0.504 e. The Bertz CT molecular complexity index is 861. The molecule has 4 N–H and O–H groups in total. The predicted molar refractivity (Wildman–Crippen MR) is 86.6 cm³/mol. The number of nitrogens with one attached hydrogen (secondary N) is 1. The first-order chi connectivity index (χ1) is 11.5. The average Bonchev–Trinajstić information content (AvgIpc) is 2.97. The summed E-state index contributed by atoms with van der Waals surface area (Å²) in [6, 6.07) is 7.09. The zero-order chi connectivity index (χ0) is 17.4. The fourth-order valence-electron chi connectivity index (χ4n) is 2.92. The van der Waals surface area contributed by atoms with E-state index in [0.717, 1.165) is 16.8 Å². The zero-order valence-electron chi connectivity index (χ0n) is 13.6. The Kier molecular flexibility index (Phi) is 3.81. The lowest BCUT2D eigenvalue weighted by molar-refractivity contribution is 0.370. The molecular formula is C17H18N4O3. The van der Waals surface area contributed by atoms with Crippen molar-refractivity contribution in [1.29, 1.82) is 5.26 Å². The maximum Gasteiger partial charge on any atom is 0.244 e. The molecule has 24 heavy (non-hydrogen) atoms. The number of hydrogen-bond donors (Lipinski definition) is 3. The fraction of sp³-hybridized carbons (Fsp3) is 0.294. The van der Waals surface area contributed by atoms with Crippen LogP contribution in [-0.4, -0.2) is 22.4 Å². The molecule has 3 rings (SSSR count). The van der Waals surface area contributed by atoms with E-state index < -0.39 is 5.92 Å². The van der Waals surface area contributed by atoms with Crippen molar-refractivity contribution in [3.8, 4) is 23.4 Å². The molecule has 1 aromatic heterocycles. The Hall–Kier alpha value is -3.14. The second-order valence-corrected chi connectivity index (χ2v) is 5.87. The van der Waals surface area contributed by atoms with Gasteiger partial charge in [0.25, 0.3) is 0 Å². The van der Waals surface area contributed by atoms with Crippen LogP contribution in [0.15, 0.2) is 29.7 Å². The lowest BCUT2D eigenvalue weighted by atomic mass is 9.82. The van der Waals surface area contributed by atoms with Crippen molar-refractivity contribution in [1.82, 2.24) is 10.2 Å². The number of ether oxygens (including phenoxy) is 2. The maximum absolute atomic E-state index is 9.84. The fourth-order valence-corrected chi connectivity index (χ4v) is 2.92. The number of methoxy groups -OCH3 is 1. The van der Waals surface area contributed by atoms with Gasteiger partial charge >= 0.3 is 0 Å². The Morgan fingerprint density at radius 2 is 2.21 bits per heavy atom. The van der Waals surface area contributed by atoms with E-state index in [0.29, 0.717) is 17.2 Å². The average molecular weight is 326 g/mol. The number of fused-ring (bicyclic) bond motifs is 1. The molecule has 0 amide bonds. The number of nitrogens with zero attached hydrogens (tertiary/aromatic N) is 2. The highest BCUT2D eigenvalue weighted by molar-refractivity contribution is 5.57. The van der Waals surface area contributed by atoms with Crippen molar-refractivity contribution in [2.24, 2.45) is 5.73 Å². The molecule has 0 saturated carbocycles. The number of hydrogen-bond acceptors (Lipinski definition) is 6. The number of benzene rings is 1. The van der Waals surface area contributed by atoms with Gasteiger partial charge in [-0.3, -0.25) is 5.10 Å². The molecule has 0 aliphatic carbocycles. The second-order valence-electron chi connectivity index (χ2n) is 5.87. The topological polar surface area (TPSA) is 117 Å². The highest BCUT2D eigenvalue weighted by Crippen LogP contribution is 2.45. The van der Waals surface area contributed by atoms with E-state index >= 15 is 0 Å². The van der Waals surface area contributed by atoms with Gasteiger partial charge in [-0.05, 0) is 23.6 Å². The number of phenolic OH excluding ortho intramolecular Hbond substituents is 1. The highest BCUT2D eigenvalue weighted by Gasteiger charge is 2.36. The molecule has 1 atom stereocenters. The number of phenols is 1. The Morgan fingerprint density at radius 3 is 2.83 bits per heavy atom. The minimum Gasteiger partial charge on any atom is -0.504 e. The van der Waals surface area contributed by atoms with E-state index in [1.807, 2.05) is 13.8 Å². The minimum atomic E-state index is -0.440. The Morgan fingerprint density at radius 1 is 1.46 bits per heavy atom. The third kappa shape index (κ3) is 2.33. The number of nitrogens with two attached hydrogens (primary N) is 1. The standard InChI is InChI=1S/C17H18N4O3/c1-8(2)15-14-13(9-4-5-11(22)12(6-9)23-3)10(7-18)16(19)24-17(14)21-20-15/h4-6,8,13,22H,19H2,1-3H3,(H,20,21)/t13-/m0/s1. The van der Waals surface area contributed by atoms with E-state index in [1.165, 1.54) is 13.2 Å². The summed E-state index contributed by atoms with van der Waals surface area (Å²) in [5, 5.41) is 26.6. The van der Waals surface area contributed by atoms with Gasteiger partial charge in [0.05, 0.1) is 18.6 Å². The van der Waals surface area contributed by atoms with E-state index in [2.05, 4.69) is 16.3 Å². The predicted octanol–water partition coefficient (Wildman–Crippen LogP) is 2.47. The lowest BCUT2D eigenvalue weighted by Gasteiger charge is -2.25. The van der Waals surface area contributed by atoms with Gasteiger partial charge in [0.2, 0.25) is 11.8 Å². The summed E-state index contributed by atoms with van der Waals surface area (Å²) < 4.78 is 10.7. The summed E-state index contributed by atoms with van der Waals surface area (Å²) in [7, 11) is 1.47. The van der Waals surface area contributed by atoms with Crippen molar-refractivity contribution < 1.29 is 14.6 Å². The van der Waals surface area contributed by atoms with E-state index in [4.69, 9.17) is 15.2 Å². The molecule has 2 aromatic rings. The van der Waals surface area contributed by atoms with Crippen LogP contribution in [0.4, 0.5) is 0 Å². The van der Waals surface area contributed by atoms with Crippen molar-refractivity contribution in [2.45, 2.75) is 25.7 Å². The van der Waals surface area contributed by atoms with Gasteiger partial charge in [0.1, 0.15) is 11.6 Å². The molecule has 0 saturated heterocycles.